The first-order chi connectivity index (χ1) is 16.2. The fourth-order valence-corrected chi connectivity index (χ4v) is 4.01. The minimum atomic E-state index is -0.512. The number of pyridine rings is 1. The largest absolute Gasteiger partial charge is 0.435 e. The van der Waals surface area contributed by atoms with Crippen molar-refractivity contribution in [2.75, 3.05) is 13.1 Å². The van der Waals surface area contributed by atoms with Crippen molar-refractivity contribution in [3.63, 3.8) is 0 Å². The molecule has 3 aromatic rings. The van der Waals surface area contributed by atoms with Crippen molar-refractivity contribution >= 4 is 5.91 Å². The van der Waals surface area contributed by atoms with Crippen LogP contribution in [0.25, 0.3) is 11.3 Å². The van der Waals surface area contributed by atoms with E-state index in [0.29, 0.717) is 16.8 Å². The van der Waals surface area contributed by atoms with E-state index < -0.39 is 5.82 Å². The zero-order chi connectivity index (χ0) is 22.6. The number of ether oxygens (including phenoxy) is 1. The van der Waals surface area contributed by atoms with Crippen molar-refractivity contribution in [3.8, 4) is 22.9 Å². The van der Waals surface area contributed by atoms with Crippen molar-refractivity contribution in [1.82, 2.24) is 25.6 Å². The molecule has 0 spiro atoms. The molecule has 1 aliphatic carbocycles. The third kappa shape index (κ3) is 5.01. The second kappa shape index (κ2) is 9.62. The lowest BCUT2D eigenvalue weighted by Crippen LogP contribution is -2.29. The first-order valence-corrected chi connectivity index (χ1v) is 11.4. The van der Waals surface area contributed by atoms with Crippen molar-refractivity contribution in [2.45, 2.75) is 38.1 Å². The number of hydrogen-bond acceptors (Lipinski definition) is 6. The van der Waals surface area contributed by atoms with Gasteiger partial charge in [0.1, 0.15) is 5.82 Å². The van der Waals surface area contributed by atoms with E-state index >= 15 is 4.39 Å². The van der Waals surface area contributed by atoms with Crippen LogP contribution in [-0.2, 0) is 11.3 Å². The molecular weight excluding hydrogens is 421 g/mol. The maximum absolute atomic E-state index is 15.1. The Morgan fingerprint density at radius 2 is 2.03 bits per heavy atom. The maximum Gasteiger partial charge on any atom is 0.228 e. The Kier molecular flexibility index (Phi) is 6.26. The van der Waals surface area contributed by atoms with E-state index in [9.17, 15) is 4.79 Å². The number of benzene rings is 1. The SMILES string of the molecule is O=C(NCc1cccc(Oc2ncccc2-c2ccnc(C3CCCNC3)n2)c1F)C1CC1. The second-order valence-corrected chi connectivity index (χ2v) is 8.52. The van der Waals surface area contributed by atoms with E-state index in [1.807, 2.05) is 12.1 Å². The molecule has 8 heteroatoms. The van der Waals surface area contributed by atoms with E-state index in [1.54, 1.807) is 36.7 Å². The van der Waals surface area contributed by atoms with Crippen molar-refractivity contribution in [2.24, 2.45) is 5.92 Å². The van der Waals surface area contributed by atoms with Gasteiger partial charge in [0.2, 0.25) is 11.8 Å². The van der Waals surface area contributed by atoms with Gasteiger partial charge in [-0.25, -0.2) is 19.3 Å². The second-order valence-electron chi connectivity index (χ2n) is 8.52. The molecule has 1 atom stereocenters. The molecule has 2 fully saturated rings. The molecule has 1 unspecified atom stereocenters. The van der Waals surface area contributed by atoms with Gasteiger partial charge in [-0.1, -0.05) is 12.1 Å². The third-order valence-corrected chi connectivity index (χ3v) is 6.03. The van der Waals surface area contributed by atoms with Crippen LogP contribution in [0.5, 0.6) is 11.6 Å². The zero-order valence-corrected chi connectivity index (χ0v) is 18.3. The van der Waals surface area contributed by atoms with Crippen LogP contribution in [-0.4, -0.2) is 33.9 Å². The van der Waals surface area contributed by atoms with Crippen LogP contribution in [0.4, 0.5) is 4.39 Å². The monoisotopic (exact) mass is 447 g/mol. The highest BCUT2D eigenvalue weighted by Gasteiger charge is 2.29. The average molecular weight is 448 g/mol. The van der Waals surface area contributed by atoms with Gasteiger partial charge in [0.05, 0.1) is 11.3 Å². The Balaban J connectivity index is 1.37. The summed E-state index contributed by atoms with van der Waals surface area (Å²) < 4.78 is 21.0. The fourth-order valence-electron chi connectivity index (χ4n) is 4.01. The first kappa shape index (κ1) is 21.5. The zero-order valence-electron chi connectivity index (χ0n) is 18.3. The number of halogens is 1. The number of piperidine rings is 1. The number of nitrogens with zero attached hydrogens (tertiary/aromatic N) is 3. The van der Waals surface area contributed by atoms with Crippen molar-refractivity contribution < 1.29 is 13.9 Å². The number of nitrogens with one attached hydrogen (secondary N) is 2. The van der Waals surface area contributed by atoms with E-state index in [0.717, 1.165) is 44.6 Å². The Bertz CT molecular complexity index is 1150. The van der Waals surface area contributed by atoms with Gasteiger partial charge in [-0.3, -0.25) is 4.79 Å². The molecule has 3 heterocycles. The molecule has 5 rings (SSSR count). The standard InChI is InChI=1S/C25H26FN5O2/c26-22-17(15-30-24(32)16-8-9-16)4-1-7-21(22)33-25-19(6-3-12-29-25)20-10-13-28-23(31-20)18-5-2-11-27-14-18/h1,3-4,6-7,10,12-13,16,18,27H,2,5,8-9,11,14-15H2,(H,30,32). The molecule has 1 aliphatic heterocycles. The molecule has 2 N–H and O–H groups in total. The molecule has 33 heavy (non-hydrogen) atoms. The summed E-state index contributed by atoms with van der Waals surface area (Å²) in [5.41, 5.74) is 1.71. The van der Waals surface area contributed by atoms with Crippen LogP contribution in [0.2, 0.25) is 0 Å². The lowest BCUT2D eigenvalue weighted by Gasteiger charge is -2.21. The summed E-state index contributed by atoms with van der Waals surface area (Å²) in [5, 5.41) is 6.19. The molecule has 0 radical (unpaired) electrons. The van der Waals surface area contributed by atoms with Gasteiger partial charge in [0, 0.05) is 42.9 Å². The molecule has 1 saturated carbocycles. The van der Waals surface area contributed by atoms with E-state index in [4.69, 9.17) is 9.72 Å². The Morgan fingerprint density at radius 3 is 2.85 bits per heavy atom. The summed E-state index contributed by atoms with van der Waals surface area (Å²) in [6.07, 6.45) is 7.29. The fraction of sp³-hybridized carbons (Fsp3) is 0.360. The summed E-state index contributed by atoms with van der Waals surface area (Å²) in [7, 11) is 0. The first-order valence-electron chi connectivity index (χ1n) is 11.4. The highest BCUT2D eigenvalue weighted by molar-refractivity contribution is 5.80. The lowest BCUT2D eigenvalue weighted by atomic mass is 9.98. The van der Waals surface area contributed by atoms with Crippen LogP contribution in [0, 0.1) is 11.7 Å². The minimum absolute atomic E-state index is 0.0273. The molecule has 2 aromatic heterocycles. The van der Waals surface area contributed by atoms with Gasteiger partial charge in [0.15, 0.2) is 11.6 Å². The summed E-state index contributed by atoms with van der Waals surface area (Å²) in [6.45, 7) is 2.00. The predicted molar refractivity (Wildman–Crippen MR) is 121 cm³/mol. The Morgan fingerprint density at radius 1 is 1.12 bits per heavy atom. The van der Waals surface area contributed by atoms with Gasteiger partial charge < -0.3 is 15.4 Å². The Labute approximate surface area is 191 Å². The van der Waals surface area contributed by atoms with Crippen LogP contribution in [0.1, 0.15) is 43.0 Å². The number of hydrogen-bond donors (Lipinski definition) is 2. The highest BCUT2D eigenvalue weighted by Crippen LogP contribution is 2.33. The van der Waals surface area contributed by atoms with Crippen LogP contribution in [0.15, 0.2) is 48.8 Å². The summed E-state index contributed by atoms with van der Waals surface area (Å²) in [4.78, 5) is 25.5. The summed E-state index contributed by atoms with van der Waals surface area (Å²) >= 11 is 0. The van der Waals surface area contributed by atoms with E-state index in [-0.39, 0.29) is 35.9 Å². The molecule has 1 aromatic carbocycles. The van der Waals surface area contributed by atoms with Gasteiger partial charge >= 0.3 is 0 Å². The number of carbonyl (C=O) groups is 1. The lowest BCUT2D eigenvalue weighted by molar-refractivity contribution is -0.122. The number of amides is 1. The van der Waals surface area contributed by atoms with Crippen molar-refractivity contribution in [1.29, 1.82) is 0 Å². The average Bonchev–Trinajstić information content (AvgIpc) is 3.71. The Hall–Kier alpha value is -3.39. The number of aromatic nitrogens is 3. The highest BCUT2D eigenvalue weighted by atomic mass is 19.1. The minimum Gasteiger partial charge on any atom is -0.435 e. The quantitative estimate of drug-likeness (QED) is 0.570. The molecule has 2 aliphatic rings. The molecule has 7 nitrogen and oxygen atoms in total. The molecule has 170 valence electrons. The summed E-state index contributed by atoms with van der Waals surface area (Å²) in [6, 6.07) is 10.4. The van der Waals surface area contributed by atoms with Crippen molar-refractivity contribution in [3.05, 3.63) is 66.0 Å². The smallest absolute Gasteiger partial charge is 0.228 e. The van der Waals surface area contributed by atoms with E-state index in [2.05, 4.69) is 20.6 Å². The number of carbonyl (C=O) groups excluding carboxylic acids is 1. The van der Waals surface area contributed by atoms with Crippen LogP contribution >= 0.6 is 0 Å². The predicted octanol–water partition coefficient (Wildman–Crippen LogP) is 3.96. The van der Waals surface area contributed by atoms with Gasteiger partial charge in [-0.2, -0.15) is 0 Å². The van der Waals surface area contributed by atoms with Gasteiger partial charge in [-0.05, 0) is 56.5 Å². The number of rotatable bonds is 7. The molecule has 1 saturated heterocycles. The summed E-state index contributed by atoms with van der Waals surface area (Å²) in [5.74, 6) is 0.905. The molecular formula is C25H26FN5O2. The molecule has 0 bridgehead atoms. The van der Waals surface area contributed by atoms with Gasteiger partial charge in [0.25, 0.3) is 0 Å². The van der Waals surface area contributed by atoms with E-state index in [1.165, 1.54) is 0 Å². The topological polar surface area (TPSA) is 89.0 Å². The van der Waals surface area contributed by atoms with Crippen LogP contribution in [0.3, 0.4) is 0 Å². The van der Waals surface area contributed by atoms with Gasteiger partial charge in [-0.15, -0.1) is 0 Å². The van der Waals surface area contributed by atoms with Crippen LogP contribution < -0.4 is 15.4 Å². The maximum atomic E-state index is 15.1. The normalized spacial score (nSPS) is 18.0. The molecule has 1 amide bonds. The third-order valence-electron chi connectivity index (χ3n) is 6.03.